The Morgan fingerprint density at radius 2 is 1.89 bits per heavy atom. The fourth-order valence-corrected chi connectivity index (χ4v) is 2.93. The first kappa shape index (κ1) is 23.2. The van der Waals surface area contributed by atoms with E-state index in [1.807, 2.05) is 35.2 Å². The Hall–Kier alpha value is -1.81. The number of carbonyl (C=O) groups excluding carboxylic acids is 1. The summed E-state index contributed by atoms with van der Waals surface area (Å²) in [5.74, 6) is 0. The molecule has 2 N–H and O–H groups in total. The third-order valence-electron chi connectivity index (χ3n) is 4.71. The van der Waals surface area contributed by atoms with E-state index in [2.05, 4.69) is 26.8 Å². The molecule has 0 aromatic heterocycles. The van der Waals surface area contributed by atoms with Gasteiger partial charge in [0.05, 0.1) is 0 Å². The smallest absolute Gasteiger partial charge is 0.410 e. The van der Waals surface area contributed by atoms with Crippen LogP contribution in [0, 0.1) is 0 Å². The highest BCUT2D eigenvalue weighted by Gasteiger charge is 2.16. The molecule has 1 aromatic carbocycles. The minimum absolute atomic E-state index is 0.0825. The molecule has 0 aliphatic heterocycles. The summed E-state index contributed by atoms with van der Waals surface area (Å²) in [6.45, 7) is 8.20. The molecule has 152 valence electrons. The SMILES string of the molecule is CCC/C=C(\CC)CC(N)CCN(CCCC)C(=O)OCc1ccccc1. The first-order chi connectivity index (χ1) is 13.1. The van der Waals surface area contributed by atoms with Crippen molar-refractivity contribution in [3.05, 3.63) is 47.5 Å². The zero-order valence-electron chi connectivity index (χ0n) is 17.5. The molecule has 0 heterocycles. The molecule has 1 aromatic rings. The Morgan fingerprint density at radius 3 is 2.52 bits per heavy atom. The lowest BCUT2D eigenvalue weighted by Gasteiger charge is -2.24. The molecule has 0 spiro atoms. The van der Waals surface area contributed by atoms with E-state index in [9.17, 15) is 4.79 Å². The van der Waals surface area contributed by atoms with Crippen LogP contribution in [-0.2, 0) is 11.3 Å². The highest BCUT2D eigenvalue weighted by molar-refractivity contribution is 5.67. The molecule has 0 saturated carbocycles. The molecule has 0 fully saturated rings. The highest BCUT2D eigenvalue weighted by atomic mass is 16.6. The Kier molecular flexibility index (Phi) is 12.3. The number of allylic oxidation sites excluding steroid dienone is 1. The standard InChI is InChI=1S/C23H38N2O2/c1-4-7-12-20(6-3)18-22(24)15-17-25(16-8-5-2)23(26)27-19-21-13-10-9-11-14-21/h9-14,22H,4-8,15-19,24H2,1-3H3/b20-12+. The fourth-order valence-electron chi connectivity index (χ4n) is 2.93. The number of ether oxygens (including phenoxy) is 1. The molecular formula is C23H38N2O2. The van der Waals surface area contributed by atoms with Crippen LogP contribution in [0.25, 0.3) is 0 Å². The van der Waals surface area contributed by atoms with Gasteiger partial charge in [-0.15, -0.1) is 0 Å². The first-order valence-electron chi connectivity index (χ1n) is 10.5. The van der Waals surface area contributed by atoms with Gasteiger partial charge in [0.15, 0.2) is 0 Å². The fraction of sp³-hybridized carbons (Fsp3) is 0.609. The lowest BCUT2D eigenvalue weighted by molar-refractivity contribution is 0.0945. The van der Waals surface area contributed by atoms with Gasteiger partial charge in [-0.25, -0.2) is 4.79 Å². The topological polar surface area (TPSA) is 55.6 Å². The van der Waals surface area contributed by atoms with Gasteiger partial charge in [-0.1, -0.05) is 75.6 Å². The Bertz CT molecular complexity index is 543. The van der Waals surface area contributed by atoms with E-state index in [1.165, 1.54) is 5.57 Å². The molecule has 4 nitrogen and oxygen atoms in total. The number of benzene rings is 1. The van der Waals surface area contributed by atoms with E-state index in [1.54, 1.807) is 0 Å². The van der Waals surface area contributed by atoms with Crippen molar-refractivity contribution >= 4 is 6.09 Å². The minimum Gasteiger partial charge on any atom is -0.445 e. The van der Waals surface area contributed by atoms with E-state index < -0.39 is 0 Å². The van der Waals surface area contributed by atoms with Gasteiger partial charge in [0.1, 0.15) is 6.61 Å². The number of nitrogens with zero attached hydrogens (tertiary/aromatic N) is 1. The van der Waals surface area contributed by atoms with E-state index in [4.69, 9.17) is 10.5 Å². The van der Waals surface area contributed by atoms with Crippen LogP contribution in [0.1, 0.15) is 71.3 Å². The summed E-state index contributed by atoms with van der Waals surface area (Å²) >= 11 is 0. The van der Waals surface area contributed by atoms with Crippen LogP contribution in [0.3, 0.4) is 0 Å². The number of carbonyl (C=O) groups is 1. The third-order valence-corrected chi connectivity index (χ3v) is 4.71. The highest BCUT2D eigenvalue weighted by Crippen LogP contribution is 2.14. The maximum Gasteiger partial charge on any atom is 0.410 e. The monoisotopic (exact) mass is 374 g/mol. The second kappa shape index (κ2) is 14.3. The van der Waals surface area contributed by atoms with Crippen LogP contribution in [0.15, 0.2) is 42.0 Å². The molecule has 1 atom stereocenters. The van der Waals surface area contributed by atoms with Gasteiger partial charge in [0.25, 0.3) is 0 Å². The number of unbranched alkanes of at least 4 members (excludes halogenated alkanes) is 2. The summed E-state index contributed by atoms with van der Waals surface area (Å²) in [5.41, 5.74) is 8.78. The molecule has 1 rings (SSSR count). The minimum atomic E-state index is -0.239. The second-order valence-electron chi connectivity index (χ2n) is 7.14. The lowest BCUT2D eigenvalue weighted by atomic mass is 10.0. The summed E-state index contributed by atoms with van der Waals surface area (Å²) in [6.07, 6.45) is 9.15. The second-order valence-corrected chi connectivity index (χ2v) is 7.14. The van der Waals surface area contributed by atoms with Gasteiger partial charge in [0.2, 0.25) is 0 Å². The zero-order chi connectivity index (χ0) is 19.9. The molecular weight excluding hydrogens is 336 g/mol. The average Bonchev–Trinajstić information content (AvgIpc) is 2.70. The molecule has 0 aliphatic rings. The Labute approximate surface area is 165 Å². The van der Waals surface area contributed by atoms with Gasteiger partial charge < -0.3 is 15.4 Å². The summed E-state index contributed by atoms with van der Waals surface area (Å²) in [6, 6.07) is 9.88. The van der Waals surface area contributed by atoms with Gasteiger partial charge in [-0.3, -0.25) is 0 Å². The van der Waals surface area contributed by atoms with Crippen molar-refractivity contribution in [3.8, 4) is 0 Å². The van der Waals surface area contributed by atoms with Gasteiger partial charge in [-0.05, 0) is 37.7 Å². The van der Waals surface area contributed by atoms with Crippen molar-refractivity contribution in [2.75, 3.05) is 13.1 Å². The van der Waals surface area contributed by atoms with Gasteiger partial charge in [-0.2, -0.15) is 0 Å². The number of nitrogens with two attached hydrogens (primary N) is 1. The van der Waals surface area contributed by atoms with Crippen LogP contribution in [-0.4, -0.2) is 30.1 Å². The van der Waals surface area contributed by atoms with Crippen molar-refractivity contribution in [2.45, 2.75) is 78.4 Å². The van der Waals surface area contributed by atoms with E-state index in [0.717, 1.165) is 57.1 Å². The van der Waals surface area contributed by atoms with Crippen LogP contribution in [0.4, 0.5) is 4.79 Å². The normalized spacial score (nSPS) is 12.7. The van der Waals surface area contributed by atoms with Crippen molar-refractivity contribution in [3.63, 3.8) is 0 Å². The summed E-state index contributed by atoms with van der Waals surface area (Å²) in [7, 11) is 0. The van der Waals surface area contributed by atoms with E-state index >= 15 is 0 Å². The lowest BCUT2D eigenvalue weighted by Crippen LogP contribution is -2.36. The zero-order valence-corrected chi connectivity index (χ0v) is 17.5. The van der Waals surface area contributed by atoms with Crippen LogP contribution in [0.2, 0.25) is 0 Å². The number of hydrogen-bond donors (Lipinski definition) is 1. The number of rotatable bonds is 13. The average molecular weight is 375 g/mol. The molecule has 0 bridgehead atoms. The van der Waals surface area contributed by atoms with Crippen LogP contribution in [0.5, 0.6) is 0 Å². The van der Waals surface area contributed by atoms with Crippen molar-refractivity contribution in [2.24, 2.45) is 5.73 Å². The molecule has 1 amide bonds. The molecule has 0 saturated heterocycles. The summed E-state index contributed by atoms with van der Waals surface area (Å²) in [5, 5.41) is 0. The molecule has 0 radical (unpaired) electrons. The molecule has 0 aliphatic carbocycles. The Balaban J connectivity index is 2.51. The molecule has 4 heteroatoms. The largest absolute Gasteiger partial charge is 0.445 e. The van der Waals surface area contributed by atoms with E-state index in [0.29, 0.717) is 13.2 Å². The predicted octanol–water partition coefficient (Wildman–Crippen LogP) is 5.67. The van der Waals surface area contributed by atoms with E-state index in [-0.39, 0.29) is 12.1 Å². The molecule has 1 unspecified atom stereocenters. The Morgan fingerprint density at radius 1 is 1.15 bits per heavy atom. The predicted molar refractivity (Wildman–Crippen MR) is 114 cm³/mol. The maximum atomic E-state index is 12.5. The first-order valence-corrected chi connectivity index (χ1v) is 10.5. The van der Waals surface area contributed by atoms with Gasteiger partial charge >= 0.3 is 6.09 Å². The quantitative estimate of drug-likeness (QED) is 0.453. The van der Waals surface area contributed by atoms with Crippen molar-refractivity contribution < 1.29 is 9.53 Å². The van der Waals surface area contributed by atoms with Crippen LogP contribution >= 0.6 is 0 Å². The summed E-state index contributed by atoms with van der Waals surface area (Å²) in [4.78, 5) is 14.3. The third kappa shape index (κ3) is 10.2. The van der Waals surface area contributed by atoms with Crippen molar-refractivity contribution in [1.82, 2.24) is 4.90 Å². The number of amides is 1. The number of hydrogen-bond acceptors (Lipinski definition) is 3. The molecule has 27 heavy (non-hydrogen) atoms. The van der Waals surface area contributed by atoms with Crippen LogP contribution < -0.4 is 5.73 Å². The summed E-state index contributed by atoms with van der Waals surface area (Å²) < 4.78 is 5.51. The maximum absolute atomic E-state index is 12.5. The van der Waals surface area contributed by atoms with Crippen molar-refractivity contribution in [1.29, 1.82) is 0 Å². The van der Waals surface area contributed by atoms with Gasteiger partial charge in [0, 0.05) is 19.1 Å².